The van der Waals surface area contributed by atoms with Crippen LogP contribution in [0.2, 0.25) is 0 Å². The zero-order valence-corrected chi connectivity index (χ0v) is 9.17. The van der Waals surface area contributed by atoms with Gasteiger partial charge in [-0.3, -0.25) is 0 Å². The lowest BCUT2D eigenvalue weighted by atomic mass is 10.4. The summed E-state index contributed by atoms with van der Waals surface area (Å²) >= 11 is 1.45. The number of rotatable bonds is 3. The molecule has 3 N–H and O–H groups in total. The zero-order valence-electron chi connectivity index (χ0n) is 8.35. The fourth-order valence-electron chi connectivity index (χ4n) is 1.18. The van der Waals surface area contributed by atoms with Crippen molar-refractivity contribution in [1.82, 2.24) is 4.98 Å². The van der Waals surface area contributed by atoms with Crippen LogP contribution in [-0.4, -0.2) is 4.98 Å². The van der Waals surface area contributed by atoms with Crippen LogP contribution in [0.1, 0.15) is 0 Å². The van der Waals surface area contributed by atoms with E-state index in [0.717, 1.165) is 9.92 Å². The minimum Gasteiger partial charge on any atom is -0.308 e. The third-order valence-corrected chi connectivity index (χ3v) is 2.85. The highest BCUT2D eigenvalue weighted by Crippen LogP contribution is 2.26. The standard InChI is InChI=1S/C11H10FN3S/c12-8-4-6-9(7-5-8)16-11-3-1-2-10(14-11)15-13/h1-7H,13H2,(H,14,15). The van der Waals surface area contributed by atoms with Crippen LogP contribution in [0, 0.1) is 5.82 Å². The number of benzene rings is 1. The van der Waals surface area contributed by atoms with Crippen molar-refractivity contribution in [2.75, 3.05) is 5.43 Å². The largest absolute Gasteiger partial charge is 0.308 e. The normalized spacial score (nSPS) is 10.1. The summed E-state index contributed by atoms with van der Waals surface area (Å²) in [4.78, 5) is 5.18. The smallest absolute Gasteiger partial charge is 0.141 e. The fraction of sp³-hybridized carbons (Fsp3) is 0. The number of aromatic nitrogens is 1. The summed E-state index contributed by atoms with van der Waals surface area (Å²) in [6, 6.07) is 11.8. The van der Waals surface area contributed by atoms with Crippen molar-refractivity contribution in [1.29, 1.82) is 0 Å². The van der Waals surface area contributed by atoms with Gasteiger partial charge in [-0.1, -0.05) is 17.8 Å². The maximum absolute atomic E-state index is 12.7. The molecule has 0 bridgehead atoms. The molecule has 1 aromatic carbocycles. The van der Waals surface area contributed by atoms with Crippen molar-refractivity contribution in [3.8, 4) is 0 Å². The molecule has 0 aliphatic rings. The van der Waals surface area contributed by atoms with E-state index in [9.17, 15) is 4.39 Å². The molecule has 0 radical (unpaired) electrons. The zero-order chi connectivity index (χ0) is 11.4. The van der Waals surface area contributed by atoms with E-state index >= 15 is 0 Å². The first kappa shape index (κ1) is 10.9. The molecule has 0 atom stereocenters. The van der Waals surface area contributed by atoms with E-state index in [1.54, 1.807) is 18.2 Å². The van der Waals surface area contributed by atoms with Gasteiger partial charge in [0.05, 0.1) is 0 Å². The van der Waals surface area contributed by atoms with Gasteiger partial charge in [-0.05, 0) is 36.4 Å². The fourth-order valence-corrected chi connectivity index (χ4v) is 1.98. The van der Waals surface area contributed by atoms with Gasteiger partial charge in [-0.15, -0.1) is 0 Å². The SMILES string of the molecule is NNc1cccc(Sc2ccc(F)cc2)n1. The molecule has 0 saturated heterocycles. The molecule has 16 heavy (non-hydrogen) atoms. The molecule has 2 rings (SSSR count). The lowest BCUT2D eigenvalue weighted by molar-refractivity contribution is 0.626. The highest BCUT2D eigenvalue weighted by Gasteiger charge is 2.00. The molecule has 0 unspecified atom stereocenters. The van der Waals surface area contributed by atoms with Crippen molar-refractivity contribution in [2.45, 2.75) is 9.92 Å². The van der Waals surface area contributed by atoms with Crippen molar-refractivity contribution in [2.24, 2.45) is 5.84 Å². The van der Waals surface area contributed by atoms with Crippen LogP contribution < -0.4 is 11.3 Å². The summed E-state index contributed by atoms with van der Waals surface area (Å²) < 4.78 is 12.7. The molecule has 1 aromatic heterocycles. The predicted molar refractivity (Wildman–Crippen MR) is 62.6 cm³/mol. The average molecular weight is 235 g/mol. The predicted octanol–water partition coefficient (Wildman–Crippen LogP) is 2.66. The molecule has 5 heteroatoms. The van der Waals surface area contributed by atoms with E-state index in [1.165, 1.54) is 23.9 Å². The van der Waals surface area contributed by atoms with E-state index < -0.39 is 0 Å². The Morgan fingerprint density at radius 2 is 1.88 bits per heavy atom. The summed E-state index contributed by atoms with van der Waals surface area (Å²) in [6.45, 7) is 0. The Labute approximate surface area is 96.9 Å². The number of pyridine rings is 1. The second-order valence-electron chi connectivity index (χ2n) is 3.06. The first-order valence-electron chi connectivity index (χ1n) is 4.65. The van der Waals surface area contributed by atoms with Gasteiger partial charge in [0.1, 0.15) is 16.7 Å². The molecule has 82 valence electrons. The number of hydrogen-bond donors (Lipinski definition) is 2. The van der Waals surface area contributed by atoms with Gasteiger partial charge in [0.2, 0.25) is 0 Å². The Hall–Kier alpha value is -1.59. The average Bonchev–Trinajstić information content (AvgIpc) is 2.32. The lowest BCUT2D eigenvalue weighted by Gasteiger charge is -2.03. The second kappa shape index (κ2) is 4.96. The highest BCUT2D eigenvalue weighted by atomic mass is 32.2. The summed E-state index contributed by atoms with van der Waals surface area (Å²) in [7, 11) is 0. The minimum absolute atomic E-state index is 0.241. The Kier molecular flexibility index (Phi) is 3.38. The first-order valence-corrected chi connectivity index (χ1v) is 5.46. The van der Waals surface area contributed by atoms with E-state index in [0.29, 0.717) is 5.82 Å². The van der Waals surface area contributed by atoms with Crippen molar-refractivity contribution in [3.63, 3.8) is 0 Å². The lowest BCUT2D eigenvalue weighted by Crippen LogP contribution is -2.08. The maximum atomic E-state index is 12.7. The van der Waals surface area contributed by atoms with Crippen LogP contribution in [0.3, 0.4) is 0 Å². The van der Waals surface area contributed by atoms with Gasteiger partial charge in [-0.25, -0.2) is 15.2 Å². The van der Waals surface area contributed by atoms with E-state index in [4.69, 9.17) is 5.84 Å². The van der Waals surface area contributed by atoms with E-state index in [1.807, 2.05) is 12.1 Å². The number of halogens is 1. The second-order valence-corrected chi connectivity index (χ2v) is 4.16. The summed E-state index contributed by atoms with van der Waals surface area (Å²) in [5, 5.41) is 0.807. The molecule has 0 amide bonds. The number of hydrazine groups is 1. The third kappa shape index (κ3) is 2.71. The van der Waals surface area contributed by atoms with Crippen LogP contribution in [0.15, 0.2) is 52.4 Å². The third-order valence-electron chi connectivity index (χ3n) is 1.91. The van der Waals surface area contributed by atoms with Crippen LogP contribution in [0.5, 0.6) is 0 Å². The monoisotopic (exact) mass is 235 g/mol. The first-order chi connectivity index (χ1) is 7.78. The molecular weight excluding hydrogens is 225 g/mol. The number of nitrogens with one attached hydrogen (secondary N) is 1. The van der Waals surface area contributed by atoms with Crippen molar-refractivity contribution >= 4 is 17.6 Å². The maximum Gasteiger partial charge on any atom is 0.141 e. The number of nitrogen functional groups attached to an aromatic ring is 1. The van der Waals surface area contributed by atoms with Crippen molar-refractivity contribution < 1.29 is 4.39 Å². The van der Waals surface area contributed by atoms with Gasteiger partial charge >= 0.3 is 0 Å². The van der Waals surface area contributed by atoms with Gasteiger partial charge in [0.25, 0.3) is 0 Å². The molecule has 2 aromatic rings. The molecule has 0 spiro atoms. The van der Waals surface area contributed by atoms with Gasteiger partial charge in [-0.2, -0.15) is 0 Å². The number of nitrogens with two attached hydrogens (primary N) is 1. The molecule has 0 aliphatic heterocycles. The quantitative estimate of drug-likeness (QED) is 0.634. The van der Waals surface area contributed by atoms with Crippen LogP contribution in [-0.2, 0) is 0 Å². The van der Waals surface area contributed by atoms with Crippen LogP contribution in [0.4, 0.5) is 10.2 Å². The molecule has 0 aliphatic carbocycles. The molecule has 1 heterocycles. The Balaban J connectivity index is 2.16. The summed E-state index contributed by atoms with van der Waals surface area (Å²) in [5.74, 6) is 5.62. The topological polar surface area (TPSA) is 50.9 Å². The summed E-state index contributed by atoms with van der Waals surface area (Å²) in [6.07, 6.45) is 0. The highest BCUT2D eigenvalue weighted by molar-refractivity contribution is 7.99. The molecule has 0 fully saturated rings. The minimum atomic E-state index is -0.241. The number of nitrogens with zero attached hydrogens (tertiary/aromatic N) is 1. The molecule has 3 nitrogen and oxygen atoms in total. The van der Waals surface area contributed by atoms with Crippen LogP contribution >= 0.6 is 11.8 Å². The Morgan fingerprint density at radius 1 is 1.12 bits per heavy atom. The van der Waals surface area contributed by atoms with Gasteiger partial charge in [0.15, 0.2) is 0 Å². The van der Waals surface area contributed by atoms with Gasteiger partial charge < -0.3 is 5.43 Å². The Bertz CT molecular complexity index is 473. The van der Waals surface area contributed by atoms with Crippen molar-refractivity contribution in [3.05, 3.63) is 48.3 Å². The van der Waals surface area contributed by atoms with E-state index in [2.05, 4.69) is 10.4 Å². The molecule has 0 saturated carbocycles. The molecular formula is C11H10FN3S. The summed E-state index contributed by atoms with van der Waals surface area (Å²) in [5.41, 5.74) is 2.48. The number of hydrogen-bond acceptors (Lipinski definition) is 4. The Morgan fingerprint density at radius 3 is 2.56 bits per heavy atom. The van der Waals surface area contributed by atoms with E-state index in [-0.39, 0.29) is 5.82 Å². The number of anilines is 1. The van der Waals surface area contributed by atoms with Gasteiger partial charge in [0, 0.05) is 4.90 Å². The van der Waals surface area contributed by atoms with Crippen LogP contribution in [0.25, 0.3) is 0 Å².